The monoisotopic (exact) mass is 1020 g/mol. The molecule has 0 amide bonds. The first-order valence-electron chi connectivity index (χ1n) is 25.5. The first kappa shape index (κ1) is 54.4. The van der Waals surface area contributed by atoms with E-state index in [0.29, 0.717) is 24.8 Å². The topological polar surface area (TPSA) is 346 Å². The Hall–Kier alpha value is -1.40. The predicted octanol–water partition coefficient (Wildman–Crippen LogP) is -2.84. The highest BCUT2D eigenvalue weighted by atomic mass is 16.8. The number of hydrogen-bond acceptors (Lipinski definition) is 22. The summed E-state index contributed by atoms with van der Waals surface area (Å²) in [4.78, 5) is 0. The minimum Gasteiger partial charge on any atom is -0.394 e. The van der Waals surface area contributed by atoms with Crippen molar-refractivity contribution >= 4 is 0 Å². The van der Waals surface area contributed by atoms with Gasteiger partial charge in [-0.3, -0.25) is 0 Å². The molecule has 9 aliphatic rings. The van der Waals surface area contributed by atoms with Crippen LogP contribution in [-0.2, 0) is 42.6 Å². The van der Waals surface area contributed by atoms with Crippen molar-refractivity contribution in [3.05, 3.63) is 23.8 Å². The van der Waals surface area contributed by atoms with Crippen molar-refractivity contribution in [2.75, 3.05) is 26.4 Å². The van der Waals surface area contributed by atoms with Crippen molar-refractivity contribution in [2.45, 2.75) is 214 Å². The quantitative estimate of drug-likeness (QED) is 0.0827. The van der Waals surface area contributed by atoms with E-state index in [4.69, 9.17) is 42.6 Å². The summed E-state index contributed by atoms with van der Waals surface area (Å²) in [6.45, 7) is 10.7. The molecule has 406 valence electrons. The van der Waals surface area contributed by atoms with Crippen LogP contribution in [0.5, 0.6) is 0 Å². The van der Waals surface area contributed by atoms with Gasteiger partial charge in [0, 0.05) is 24.2 Å². The molecular formula is C49H78O22. The molecule has 29 unspecified atom stereocenters. The maximum absolute atomic E-state index is 12.2. The van der Waals surface area contributed by atoms with Gasteiger partial charge in [-0.1, -0.05) is 44.6 Å². The maximum Gasteiger partial charge on any atom is 0.187 e. The average Bonchev–Trinajstić information content (AvgIpc) is 3.77. The number of allylic oxidation sites excluding steroid dienone is 1. The van der Waals surface area contributed by atoms with Gasteiger partial charge in [-0.05, 0) is 74.5 Å². The van der Waals surface area contributed by atoms with Gasteiger partial charge in [-0.15, -0.1) is 0 Å². The predicted molar refractivity (Wildman–Crippen MR) is 240 cm³/mol. The van der Waals surface area contributed by atoms with Crippen LogP contribution in [0.2, 0.25) is 0 Å². The molecule has 0 aromatic carbocycles. The zero-order chi connectivity index (χ0) is 51.2. The molecule has 9 rings (SSSR count). The van der Waals surface area contributed by atoms with Crippen LogP contribution in [0.3, 0.4) is 0 Å². The molecule has 5 saturated heterocycles. The van der Waals surface area contributed by atoms with Gasteiger partial charge in [0.2, 0.25) is 0 Å². The SMILES string of the molecule is C=C(CCC1(O)OC2CC3C4CC=C5CC(O)CC(OC6OCC(O)C(OC7OCC(O)C(O)C7O)C6OC6OC(C)C(O)C(O)C6O)C5(C)C4CCC3(C)C2C1C)COC1OC(CO)C(O)C(O)C1O. The van der Waals surface area contributed by atoms with Crippen LogP contribution in [0.1, 0.15) is 79.1 Å². The molecule has 4 aliphatic carbocycles. The molecule has 22 nitrogen and oxygen atoms in total. The summed E-state index contributed by atoms with van der Waals surface area (Å²) < 4.78 is 54.8. The van der Waals surface area contributed by atoms with Crippen LogP contribution in [0.25, 0.3) is 0 Å². The highest BCUT2D eigenvalue weighted by Crippen LogP contribution is 2.70. The summed E-state index contributed by atoms with van der Waals surface area (Å²) in [5.74, 6) is -1.24. The molecule has 8 fully saturated rings. The highest BCUT2D eigenvalue weighted by molar-refractivity contribution is 5.29. The standard InChI is InChI=1S/C49H78O22/c1-19(16-63-43-39(60)37(58)35(56)30(15-50)67-43)8-11-49(62)20(2)32-29(71-49)14-26-24-7-6-22-12-23(51)13-31(48(22,5)25(24)9-10-47(26,32)4)68-46-42(70-45-40(61)36(57)33(54)21(3)66-45)41(28(53)18-65-46)69-44-38(59)34(55)27(52)17-64-44/h6,20-21,23-46,50-62H,1,7-18H2,2-5H3. The molecule has 13 N–H and O–H groups in total. The molecule has 29 atom stereocenters. The minimum atomic E-state index is -1.77. The molecular weight excluding hydrogens is 941 g/mol. The van der Waals surface area contributed by atoms with Gasteiger partial charge >= 0.3 is 0 Å². The van der Waals surface area contributed by atoms with Crippen LogP contribution in [-0.4, -0.2) is 228 Å². The fraction of sp³-hybridized carbons (Fsp3) is 0.918. The molecule has 3 saturated carbocycles. The Kier molecular flexibility index (Phi) is 16.0. The summed E-state index contributed by atoms with van der Waals surface area (Å²) in [7, 11) is 0. The van der Waals surface area contributed by atoms with Crippen LogP contribution in [0.4, 0.5) is 0 Å². The smallest absolute Gasteiger partial charge is 0.187 e. The van der Waals surface area contributed by atoms with E-state index in [-0.39, 0.29) is 67.2 Å². The normalized spacial score (nSPS) is 55.1. The Morgan fingerprint density at radius 2 is 1.39 bits per heavy atom. The molecule has 71 heavy (non-hydrogen) atoms. The van der Waals surface area contributed by atoms with Crippen LogP contribution in [0, 0.1) is 40.4 Å². The largest absolute Gasteiger partial charge is 0.394 e. The zero-order valence-electron chi connectivity index (χ0n) is 40.8. The molecule has 0 aromatic rings. The third-order valence-electron chi connectivity index (χ3n) is 18.5. The lowest BCUT2D eigenvalue weighted by atomic mass is 9.46. The number of ether oxygens (including phenoxy) is 9. The van der Waals surface area contributed by atoms with Crippen molar-refractivity contribution in [1.82, 2.24) is 0 Å². The maximum atomic E-state index is 12.2. The lowest BCUT2D eigenvalue weighted by Crippen LogP contribution is -2.65. The van der Waals surface area contributed by atoms with E-state index in [1.165, 1.54) is 6.92 Å². The zero-order valence-corrected chi connectivity index (χ0v) is 40.8. The molecule has 0 bridgehead atoms. The fourth-order valence-electron chi connectivity index (χ4n) is 14.4. The highest BCUT2D eigenvalue weighted by Gasteiger charge is 2.69. The van der Waals surface area contributed by atoms with Gasteiger partial charge in [-0.2, -0.15) is 0 Å². The Morgan fingerprint density at radius 3 is 2.13 bits per heavy atom. The Labute approximate surface area is 412 Å². The van der Waals surface area contributed by atoms with E-state index in [1.807, 2.05) is 6.92 Å². The molecule has 5 heterocycles. The lowest BCUT2D eigenvalue weighted by Gasteiger charge is -2.60. The van der Waals surface area contributed by atoms with E-state index in [2.05, 4.69) is 26.5 Å². The second-order valence-electron chi connectivity index (χ2n) is 22.6. The summed E-state index contributed by atoms with van der Waals surface area (Å²) in [6, 6.07) is 0. The van der Waals surface area contributed by atoms with Crippen LogP contribution in [0.15, 0.2) is 23.8 Å². The van der Waals surface area contributed by atoms with Gasteiger partial charge in [0.1, 0.15) is 79.4 Å². The van der Waals surface area contributed by atoms with Gasteiger partial charge in [0.05, 0.1) is 50.8 Å². The summed E-state index contributed by atoms with van der Waals surface area (Å²) in [5.41, 5.74) is 0.777. The van der Waals surface area contributed by atoms with Crippen LogP contribution >= 0.6 is 0 Å². The van der Waals surface area contributed by atoms with Gasteiger partial charge in [0.25, 0.3) is 0 Å². The molecule has 0 spiro atoms. The van der Waals surface area contributed by atoms with Crippen molar-refractivity contribution < 1.29 is 109 Å². The van der Waals surface area contributed by atoms with E-state index >= 15 is 0 Å². The summed E-state index contributed by atoms with van der Waals surface area (Å²) >= 11 is 0. The average molecular weight is 1020 g/mol. The number of hydrogen-bond donors (Lipinski definition) is 13. The van der Waals surface area contributed by atoms with Crippen molar-refractivity contribution in [3.8, 4) is 0 Å². The molecule has 22 heteroatoms. The number of aliphatic hydroxyl groups excluding tert-OH is 12. The Balaban J connectivity index is 0.903. The van der Waals surface area contributed by atoms with Gasteiger partial charge < -0.3 is 109 Å². The first-order chi connectivity index (χ1) is 33.5. The molecule has 0 aromatic heterocycles. The summed E-state index contributed by atoms with van der Waals surface area (Å²) in [6.07, 6.45) is -21.8. The number of rotatable bonds is 13. The number of fused-ring (bicyclic) bond motifs is 7. The van der Waals surface area contributed by atoms with Crippen molar-refractivity contribution in [2.24, 2.45) is 40.4 Å². The summed E-state index contributed by atoms with van der Waals surface area (Å²) in [5, 5.41) is 139. The van der Waals surface area contributed by atoms with E-state index < -0.39 is 147 Å². The first-order valence-corrected chi connectivity index (χ1v) is 25.5. The van der Waals surface area contributed by atoms with Gasteiger partial charge in [-0.25, -0.2) is 0 Å². The van der Waals surface area contributed by atoms with Crippen LogP contribution < -0.4 is 0 Å². The molecule has 0 radical (unpaired) electrons. The third-order valence-corrected chi connectivity index (χ3v) is 18.5. The minimum absolute atomic E-state index is 0.0307. The van der Waals surface area contributed by atoms with E-state index in [0.717, 1.165) is 24.8 Å². The lowest BCUT2D eigenvalue weighted by molar-refractivity contribution is -0.382. The third kappa shape index (κ3) is 9.65. The Bertz CT molecular complexity index is 1890. The van der Waals surface area contributed by atoms with Gasteiger partial charge in [0.15, 0.2) is 30.9 Å². The molecule has 5 aliphatic heterocycles. The van der Waals surface area contributed by atoms with Crippen molar-refractivity contribution in [3.63, 3.8) is 0 Å². The van der Waals surface area contributed by atoms with E-state index in [1.54, 1.807) is 0 Å². The fourth-order valence-corrected chi connectivity index (χ4v) is 14.4. The second kappa shape index (κ2) is 20.9. The number of aliphatic hydroxyl groups is 13. The second-order valence-corrected chi connectivity index (χ2v) is 22.6. The van der Waals surface area contributed by atoms with Crippen molar-refractivity contribution in [1.29, 1.82) is 0 Å². The Morgan fingerprint density at radius 1 is 0.732 bits per heavy atom. The van der Waals surface area contributed by atoms with E-state index in [9.17, 15) is 66.4 Å².